The van der Waals surface area contributed by atoms with Crippen molar-refractivity contribution in [1.82, 2.24) is 0 Å². The van der Waals surface area contributed by atoms with Gasteiger partial charge in [0.15, 0.2) is 0 Å². The van der Waals surface area contributed by atoms with Crippen LogP contribution in [-0.2, 0) is 20.2 Å². The lowest BCUT2D eigenvalue weighted by Crippen LogP contribution is -2.20. The summed E-state index contributed by atoms with van der Waals surface area (Å²) in [5, 5.41) is 32.2. The van der Waals surface area contributed by atoms with Crippen LogP contribution >= 0.6 is 0 Å². The first-order valence-electron chi connectivity index (χ1n) is 15.0. The molecule has 4 amide bonds. The molecule has 8 N–H and O–H groups in total. The van der Waals surface area contributed by atoms with Gasteiger partial charge in [-0.3, -0.25) is 18.7 Å². The van der Waals surface area contributed by atoms with Crippen LogP contribution in [0.3, 0.4) is 0 Å². The van der Waals surface area contributed by atoms with Crippen LogP contribution < -0.4 is 21.3 Å². The van der Waals surface area contributed by atoms with Crippen LogP contribution in [0, 0.1) is 0 Å². The zero-order valence-electron chi connectivity index (χ0n) is 26.4. The van der Waals surface area contributed by atoms with E-state index in [9.17, 15) is 50.5 Å². The van der Waals surface area contributed by atoms with E-state index in [4.69, 9.17) is 0 Å². The number of anilines is 4. The molecule has 0 fully saturated rings. The van der Waals surface area contributed by atoms with E-state index in [1.54, 1.807) is 12.1 Å². The summed E-state index contributed by atoms with van der Waals surface area (Å²) in [6.45, 7) is 0. The van der Waals surface area contributed by atoms with Crippen LogP contribution in [0.5, 0.6) is 11.5 Å². The first kappa shape index (κ1) is 35.3. The molecule has 0 aliphatic rings. The Morgan fingerprint density at radius 3 is 1.15 bits per heavy atom. The number of carbonyl (C=O) groups excluding carboxylic acids is 3. The molecule has 0 aliphatic carbocycles. The number of rotatable bonds is 8. The van der Waals surface area contributed by atoms with Crippen LogP contribution in [-0.4, -0.2) is 54.0 Å². The summed E-state index contributed by atoms with van der Waals surface area (Å²) >= 11 is 0. The van der Waals surface area contributed by atoms with Gasteiger partial charge in [0.1, 0.15) is 21.3 Å². The summed E-state index contributed by atoms with van der Waals surface area (Å²) in [7, 11) is -9.34. The van der Waals surface area contributed by atoms with Gasteiger partial charge < -0.3 is 31.5 Å². The van der Waals surface area contributed by atoms with E-state index in [0.717, 1.165) is 12.1 Å². The molecule has 0 spiro atoms. The van der Waals surface area contributed by atoms with Crippen molar-refractivity contribution in [1.29, 1.82) is 0 Å². The Hall–Kier alpha value is -6.53. The van der Waals surface area contributed by atoms with Crippen molar-refractivity contribution in [3.05, 3.63) is 120 Å². The Kier molecular flexibility index (Phi) is 9.26. The van der Waals surface area contributed by atoms with Gasteiger partial charge in [0.25, 0.3) is 32.1 Å². The van der Waals surface area contributed by atoms with Crippen molar-refractivity contribution in [2.24, 2.45) is 0 Å². The summed E-state index contributed by atoms with van der Waals surface area (Å²) in [5.74, 6) is -2.38. The Bertz CT molecular complexity index is 2460. The minimum absolute atomic E-state index is 0.0976. The van der Waals surface area contributed by atoms with E-state index in [2.05, 4.69) is 21.3 Å². The van der Waals surface area contributed by atoms with E-state index < -0.39 is 59.4 Å². The van der Waals surface area contributed by atoms with E-state index in [-0.39, 0.29) is 33.3 Å². The minimum atomic E-state index is -4.67. The molecule has 6 rings (SSSR count). The number of amides is 4. The van der Waals surface area contributed by atoms with Crippen molar-refractivity contribution in [3.63, 3.8) is 0 Å². The van der Waals surface area contributed by atoms with Crippen molar-refractivity contribution >= 4 is 82.4 Å². The first-order chi connectivity index (χ1) is 24.6. The van der Waals surface area contributed by atoms with Gasteiger partial charge in [-0.25, -0.2) is 4.79 Å². The van der Waals surface area contributed by atoms with Gasteiger partial charge in [-0.05, 0) is 72.8 Å². The third kappa shape index (κ3) is 7.32. The summed E-state index contributed by atoms with van der Waals surface area (Å²) in [6.07, 6.45) is 0. The Morgan fingerprint density at radius 2 is 0.808 bits per heavy atom. The van der Waals surface area contributed by atoms with Crippen molar-refractivity contribution in [3.8, 4) is 11.5 Å². The summed E-state index contributed by atoms with van der Waals surface area (Å²) < 4.78 is 64.9. The molecule has 52 heavy (non-hydrogen) atoms. The molecule has 0 saturated heterocycles. The number of nitrogens with one attached hydrogen (secondary N) is 4. The maximum absolute atomic E-state index is 13.0. The number of carbonyl (C=O) groups is 3. The second kappa shape index (κ2) is 13.6. The molecule has 0 heterocycles. The van der Waals surface area contributed by atoms with Crippen molar-refractivity contribution in [2.75, 3.05) is 21.3 Å². The highest BCUT2D eigenvalue weighted by Crippen LogP contribution is 2.36. The highest BCUT2D eigenvalue weighted by atomic mass is 32.2. The zero-order valence-corrected chi connectivity index (χ0v) is 28.0. The molecule has 15 nitrogen and oxygen atoms in total. The van der Waals surface area contributed by atoms with Gasteiger partial charge in [-0.2, -0.15) is 16.8 Å². The van der Waals surface area contributed by atoms with Crippen LogP contribution in [0.2, 0.25) is 0 Å². The Labute approximate surface area is 295 Å². The standard InChI is InChI=1S/C35H26N4O11S2/c40-31-25-3-1-5-27(23(25)15-17-29(31)51(45,46)47)38-33(42)19-7-11-21(12-8-19)36-35(44)37-22-13-9-20(10-14-22)34(43)39-28-6-2-4-26-24(28)16-18-30(32(26)41)52(48,49)50/h1-18,40-41H,(H,38,42)(H,39,43)(H2,36,37,44)(H,45,46,47)(H,48,49,50). The first-order valence-corrected chi connectivity index (χ1v) is 17.8. The highest BCUT2D eigenvalue weighted by Gasteiger charge is 2.21. The SMILES string of the molecule is O=C(Nc1ccc(C(=O)Nc2cccc3c(O)c(S(=O)(=O)O)ccc23)cc1)Nc1ccc(C(=O)Nc2cccc3c(O)c(S(=O)(=O)O)ccc23)cc1. The number of urea groups is 1. The van der Waals surface area contributed by atoms with Gasteiger partial charge in [0, 0.05) is 55.4 Å². The average Bonchev–Trinajstić information content (AvgIpc) is 3.08. The second-order valence-electron chi connectivity index (χ2n) is 11.2. The molecule has 6 aromatic carbocycles. The van der Waals surface area contributed by atoms with Gasteiger partial charge in [-0.15, -0.1) is 0 Å². The van der Waals surface area contributed by atoms with Gasteiger partial charge >= 0.3 is 6.03 Å². The largest absolute Gasteiger partial charge is 0.506 e. The molecular weight excluding hydrogens is 717 g/mol. The molecule has 264 valence electrons. The fraction of sp³-hybridized carbons (Fsp3) is 0. The number of fused-ring (bicyclic) bond motifs is 2. The summed E-state index contributed by atoms with van der Waals surface area (Å²) in [4.78, 5) is 37.2. The van der Waals surface area contributed by atoms with E-state index in [0.29, 0.717) is 22.1 Å². The van der Waals surface area contributed by atoms with Gasteiger partial charge in [-0.1, -0.05) is 36.4 Å². The van der Waals surface area contributed by atoms with Crippen LogP contribution in [0.1, 0.15) is 20.7 Å². The number of aromatic hydroxyl groups is 2. The molecule has 0 radical (unpaired) electrons. The Balaban J connectivity index is 1.07. The number of phenolic OH excluding ortho intramolecular Hbond substituents is 2. The molecule has 0 unspecified atom stereocenters. The summed E-state index contributed by atoms with van der Waals surface area (Å²) in [6, 6.07) is 24.9. The van der Waals surface area contributed by atoms with Gasteiger partial charge in [0.2, 0.25) is 0 Å². The summed E-state index contributed by atoms with van der Waals surface area (Å²) in [5.41, 5.74) is 1.69. The third-order valence-corrected chi connectivity index (χ3v) is 9.62. The lowest BCUT2D eigenvalue weighted by molar-refractivity contribution is 0.101. The van der Waals surface area contributed by atoms with Gasteiger partial charge in [0.05, 0.1) is 0 Å². The van der Waals surface area contributed by atoms with E-state index in [1.807, 2.05) is 0 Å². The molecule has 0 aromatic heterocycles. The number of phenols is 2. The maximum atomic E-state index is 13.0. The molecule has 6 aromatic rings. The molecular formula is C35H26N4O11S2. The lowest BCUT2D eigenvalue weighted by Gasteiger charge is -2.12. The molecule has 17 heteroatoms. The fourth-order valence-electron chi connectivity index (χ4n) is 5.37. The predicted molar refractivity (Wildman–Crippen MR) is 192 cm³/mol. The van der Waals surface area contributed by atoms with Crippen LogP contribution in [0.4, 0.5) is 27.5 Å². The second-order valence-corrected chi connectivity index (χ2v) is 14.0. The number of hydrogen-bond donors (Lipinski definition) is 8. The molecule has 0 atom stereocenters. The number of benzene rings is 6. The van der Waals surface area contributed by atoms with Crippen LogP contribution in [0.15, 0.2) is 119 Å². The van der Waals surface area contributed by atoms with Crippen molar-refractivity contribution < 1.29 is 50.5 Å². The minimum Gasteiger partial charge on any atom is -0.506 e. The molecule has 0 saturated carbocycles. The average molecular weight is 743 g/mol. The van der Waals surface area contributed by atoms with Crippen LogP contribution in [0.25, 0.3) is 21.5 Å². The normalized spacial score (nSPS) is 11.6. The maximum Gasteiger partial charge on any atom is 0.323 e. The monoisotopic (exact) mass is 742 g/mol. The zero-order chi connectivity index (χ0) is 37.4. The topological polar surface area (TPSA) is 249 Å². The van der Waals surface area contributed by atoms with E-state index in [1.165, 1.54) is 84.9 Å². The lowest BCUT2D eigenvalue weighted by atomic mass is 10.1. The Morgan fingerprint density at radius 1 is 0.442 bits per heavy atom. The fourth-order valence-corrected chi connectivity index (χ4v) is 6.56. The van der Waals surface area contributed by atoms with E-state index >= 15 is 0 Å². The van der Waals surface area contributed by atoms with Crippen molar-refractivity contribution in [2.45, 2.75) is 9.79 Å². The smallest absolute Gasteiger partial charge is 0.323 e. The number of hydrogen-bond acceptors (Lipinski definition) is 9. The molecule has 0 aliphatic heterocycles. The predicted octanol–water partition coefficient (Wildman–Crippen LogP) is 6.05. The third-order valence-electron chi connectivity index (χ3n) is 7.85. The quantitative estimate of drug-likeness (QED) is 0.0834. The highest BCUT2D eigenvalue weighted by molar-refractivity contribution is 7.86. The molecule has 0 bridgehead atoms.